The summed E-state index contributed by atoms with van der Waals surface area (Å²) in [6.45, 7) is 0.432. The summed E-state index contributed by atoms with van der Waals surface area (Å²) in [6.07, 6.45) is 1.32. The Morgan fingerprint density at radius 2 is 1.92 bits per heavy atom. The van der Waals surface area contributed by atoms with Crippen LogP contribution in [0.4, 0.5) is 0 Å². The van der Waals surface area contributed by atoms with Crippen molar-refractivity contribution in [2.24, 2.45) is 5.73 Å². The van der Waals surface area contributed by atoms with E-state index < -0.39 is 5.54 Å². The molecule has 1 aliphatic carbocycles. The van der Waals surface area contributed by atoms with E-state index in [0.29, 0.717) is 13.0 Å². The molecule has 3 rings (SSSR count). The third kappa shape index (κ3) is 2.83. The second-order valence-electron chi connectivity index (χ2n) is 5.99. The lowest BCUT2D eigenvalue weighted by molar-refractivity contribution is -0.126. The highest BCUT2D eigenvalue weighted by Crippen LogP contribution is 2.39. The Labute approximate surface area is 141 Å². The Kier molecular flexibility index (Phi) is 4.44. The fourth-order valence-electron chi connectivity index (χ4n) is 3.21. The predicted octanol–water partition coefficient (Wildman–Crippen LogP) is 2.12. The molecule has 3 N–H and O–H groups in total. The van der Waals surface area contributed by atoms with Gasteiger partial charge < -0.3 is 20.5 Å². The molecule has 0 heterocycles. The lowest BCUT2D eigenvalue weighted by Crippen LogP contribution is -2.49. The van der Waals surface area contributed by atoms with Gasteiger partial charge in [0, 0.05) is 6.54 Å². The van der Waals surface area contributed by atoms with Gasteiger partial charge in [0.05, 0.1) is 14.2 Å². The minimum atomic E-state index is -1.00. The Bertz CT molecular complexity index is 743. The normalized spacial score (nSPS) is 18.8. The van der Waals surface area contributed by atoms with Crippen LogP contribution in [0, 0.1) is 0 Å². The highest BCUT2D eigenvalue weighted by atomic mass is 16.5. The molecule has 1 atom stereocenters. The number of methoxy groups -OCH3 is 2. The van der Waals surface area contributed by atoms with Gasteiger partial charge in [-0.2, -0.15) is 0 Å². The van der Waals surface area contributed by atoms with Gasteiger partial charge in [-0.25, -0.2) is 0 Å². The molecule has 1 amide bonds. The van der Waals surface area contributed by atoms with Crippen molar-refractivity contribution in [3.63, 3.8) is 0 Å². The summed E-state index contributed by atoms with van der Waals surface area (Å²) >= 11 is 0. The number of fused-ring (bicyclic) bond motifs is 1. The first-order valence-corrected chi connectivity index (χ1v) is 7.95. The fraction of sp³-hybridized carbons (Fsp3) is 0.316. The standard InChI is InChI=1S/C19H22N2O3/c1-23-14-8-6-13(7-9-14)12-21-18(22)19(20)11-10-15-16(19)4-3-5-17(15)24-2/h3-9H,10-12,20H2,1-2H3,(H,21,22). The van der Waals surface area contributed by atoms with Crippen molar-refractivity contribution in [1.82, 2.24) is 5.32 Å². The van der Waals surface area contributed by atoms with Crippen molar-refractivity contribution in [3.05, 3.63) is 59.2 Å². The molecule has 126 valence electrons. The quantitative estimate of drug-likeness (QED) is 0.883. The lowest BCUT2D eigenvalue weighted by atomic mass is 9.91. The van der Waals surface area contributed by atoms with Crippen molar-refractivity contribution in [2.45, 2.75) is 24.9 Å². The maximum absolute atomic E-state index is 12.7. The minimum absolute atomic E-state index is 0.162. The predicted molar refractivity (Wildman–Crippen MR) is 92.0 cm³/mol. The molecule has 5 heteroatoms. The number of hydrogen-bond donors (Lipinski definition) is 2. The van der Waals surface area contributed by atoms with Crippen LogP contribution >= 0.6 is 0 Å². The molecule has 0 bridgehead atoms. The first-order chi connectivity index (χ1) is 11.6. The molecule has 0 fully saturated rings. The van der Waals surface area contributed by atoms with Crippen LogP contribution in [-0.2, 0) is 23.3 Å². The van der Waals surface area contributed by atoms with E-state index in [9.17, 15) is 4.79 Å². The zero-order valence-corrected chi connectivity index (χ0v) is 14.0. The van der Waals surface area contributed by atoms with E-state index in [1.807, 2.05) is 42.5 Å². The second-order valence-corrected chi connectivity index (χ2v) is 5.99. The molecular weight excluding hydrogens is 304 g/mol. The van der Waals surface area contributed by atoms with Crippen LogP contribution < -0.4 is 20.5 Å². The smallest absolute Gasteiger partial charge is 0.244 e. The van der Waals surface area contributed by atoms with Crippen LogP contribution in [-0.4, -0.2) is 20.1 Å². The summed E-state index contributed by atoms with van der Waals surface area (Å²) in [5.74, 6) is 1.42. The Balaban J connectivity index is 1.74. The maximum Gasteiger partial charge on any atom is 0.244 e. The summed E-state index contributed by atoms with van der Waals surface area (Å²) < 4.78 is 10.5. The summed E-state index contributed by atoms with van der Waals surface area (Å²) in [4.78, 5) is 12.7. The molecule has 5 nitrogen and oxygen atoms in total. The summed E-state index contributed by atoms with van der Waals surface area (Å²) in [7, 11) is 3.26. The minimum Gasteiger partial charge on any atom is -0.497 e. The number of benzene rings is 2. The number of carbonyl (C=O) groups is 1. The highest BCUT2D eigenvalue weighted by molar-refractivity contribution is 5.89. The van der Waals surface area contributed by atoms with Crippen LogP contribution in [0.1, 0.15) is 23.1 Å². The van der Waals surface area contributed by atoms with E-state index in [0.717, 1.165) is 34.6 Å². The monoisotopic (exact) mass is 326 g/mol. The summed E-state index contributed by atoms with van der Waals surface area (Å²) in [5.41, 5.74) is 8.34. The van der Waals surface area contributed by atoms with Gasteiger partial charge in [0.1, 0.15) is 17.0 Å². The van der Waals surface area contributed by atoms with E-state index in [1.165, 1.54) is 0 Å². The number of hydrogen-bond acceptors (Lipinski definition) is 4. The first-order valence-electron chi connectivity index (χ1n) is 7.95. The molecule has 0 saturated carbocycles. The van der Waals surface area contributed by atoms with Gasteiger partial charge in [0.25, 0.3) is 0 Å². The molecule has 2 aromatic rings. The molecule has 0 saturated heterocycles. The largest absolute Gasteiger partial charge is 0.497 e. The van der Waals surface area contributed by atoms with Gasteiger partial charge in [0.2, 0.25) is 5.91 Å². The molecule has 2 aromatic carbocycles. The Hall–Kier alpha value is -2.53. The molecule has 0 aliphatic heterocycles. The summed E-state index contributed by atoms with van der Waals surface area (Å²) in [5, 5.41) is 2.95. The second kappa shape index (κ2) is 6.53. The molecule has 0 spiro atoms. The van der Waals surface area contributed by atoms with Gasteiger partial charge >= 0.3 is 0 Å². The van der Waals surface area contributed by atoms with E-state index >= 15 is 0 Å². The highest BCUT2D eigenvalue weighted by Gasteiger charge is 2.42. The molecule has 0 radical (unpaired) electrons. The summed E-state index contributed by atoms with van der Waals surface area (Å²) in [6, 6.07) is 13.3. The van der Waals surface area contributed by atoms with Gasteiger partial charge in [-0.15, -0.1) is 0 Å². The van der Waals surface area contributed by atoms with Crippen molar-refractivity contribution in [2.75, 3.05) is 14.2 Å². The van der Waals surface area contributed by atoms with Crippen LogP contribution in [0.3, 0.4) is 0 Å². The maximum atomic E-state index is 12.7. The topological polar surface area (TPSA) is 73.6 Å². The van der Waals surface area contributed by atoms with Gasteiger partial charge in [-0.3, -0.25) is 4.79 Å². The molecular formula is C19H22N2O3. The number of carbonyl (C=O) groups excluding carboxylic acids is 1. The van der Waals surface area contributed by atoms with Gasteiger partial charge in [-0.1, -0.05) is 24.3 Å². The molecule has 1 unspecified atom stereocenters. The van der Waals surface area contributed by atoms with E-state index in [1.54, 1.807) is 14.2 Å². The van der Waals surface area contributed by atoms with Crippen molar-refractivity contribution >= 4 is 5.91 Å². The van der Waals surface area contributed by atoms with E-state index in [4.69, 9.17) is 15.2 Å². The Morgan fingerprint density at radius 3 is 2.58 bits per heavy atom. The first kappa shape index (κ1) is 16.3. The fourth-order valence-corrected chi connectivity index (χ4v) is 3.21. The third-order valence-corrected chi connectivity index (χ3v) is 4.62. The number of rotatable bonds is 5. The van der Waals surface area contributed by atoms with E-state index in [-0.39, 0.29) is 5.91 Å². The van der Waals surface area contributed by atoms with Crippen molar-refractivity contribution in [3.8, 4) is 11.5 Å². The van der Waals surface area contributed by atoms with Crippen LogP contribution in [0.2, 0.25) is 0 Å². The van der Waals surface area contributed by atoms with Crippen LogP contribution in [0.25, 0.3) is 0 Å². The average molecular weight is 326 g/mol. The van der Waals surface area contributed by atoms with Crippen molar-refractivity contribution < 1.29 is 14.3 Å². The SMILES string of the molecule is COc1ccc(CNC(=O)C2(N)CCc3c(OC)cccc32)cc1. The molecule has 1 aliphatic rings. The van der Waals surface area contributed by atoms with Gasteiger partial charge in [0.15, 0.2) is 0 Å². The number of ether oxygens (including phenoxy) is 2. The van der Waals surface area contributed by atoms with Crippen LogP contribution in [0.5, 0.6) is 11.5 Å². The van der Waals surface area contributed by atoms with Crippen molar-refractivity contribution in [1.29, 1.82) is 0 Å². The van der Waals surface area contributed by atoms with Gasteiger partial charge in [-0.05, 0) is 47.7 Å². The van der Waals surface area contributed by atoms with E-state index in [2.05, 4.69) is 5.32 Å². The zero-order valence-electron chi connectivity index (χ0n) is 14.0. The average Bonchev–Trinajstić information content (AvgIpc) is 2.98. The lowest BCUT2D eigenvalue weighted by Gasteiger charge is -2.24. The number of amides is 1. The zero-order chi connectivity index (χ0) is 17.2. The molecule has 24 heavy (non-hydrogen) atoms. The Morgan fingerprint density at radius 1 is 1.17 bits per heavy atom. The number of nitrogens with two attached hydrogens (primary N) is 1. The van der Waals surface area contributed by atoms with Crippen LogP contribution in [0.15, 0.2) is 42.5 Å². The third-order valence-electron chi connectivity index (χ3n) is 4.62. The molecule has 0 aromatic heterocycles. The number of nitrogens with one attached hydrogen (secondary N) is 1.